The maximum atomic E-state index is 12.9. The van der Waals surface area contributed by atoms with Crippen LogP contribution in [0.25, 0.3) is 0 Å². The average Bonchev–Trinajstić information content (AvgIpc) is 2.54. The van der Waals surface area contributed by atoms with Gasteiger partial charge in [-0.3, -0.25) is 0 Å². The van der Waals surface area contributed by atoms with Crippen LogP contribution in [0.3, 0.4) is 0 Å². The highest BCUT2D eigenvalue weighted by Crippen LogP contribution is 2.33. The Hall–Kier alpha value is -2.40. The molecule has 1 aliphatic rings. The lowest BCUT2D eigenvalue weighted by Crippen LogP contribution is -2.45. The van der Waals surface area contributed by atoms with Crippen LogP contribution in [-0.4, -0.2) is 24.2 Å². The lowest BCUT2D eigenvalue weighted by Gasteiger charge is -2.30. The minimum atomic E-state index is -1.26. The lowest BCUT2D eigenvalue weighted by molar-refractivity contribution is 0.0593. The Morgan fingerprint density at radius 3 is 2.62 bits per heavy atom. The van der Waals surface area contributed by atoms with Gasteiger partial charge in [0.2, 0.25) is 0 Å². The second kappa shape index (κ2) is 6.61. The van der Waals surface area contributed by atoms with Crippen molar-refractivity contribution < 1.29 is 14.3 Å². The van der Waals surface area contributed by atoms with E-state index in [0.717, 1.165) is 6.42 Å². The maximum absolute atomic E-state index is 12.9. The lowest BCUT2D eigenvalue weighted by atomic mass is 9.78. The van der Waals surface area contributed by atoms with Gasteiger partial charge in [0.15, 0.2) is 0 Å². The smallest absolute Gasteiger partial charge is 0.314 e. The van der Waals surface area contributed by atoms with Crippen LogP contribution in [0.15, 0.2) is 48.5 Å². The van der Waals surface area contributed by atoms with Crippen molar-refractivity contribution in [3.8, 4) is 0 Å². The van der Waals surface area contributed by atoms with Crippen molar-refractivity contribution >= 4 is 6.03 Å². The first-order chi connectivity index (χ1) is 11.5. The van der Waals surface area contributed by atoms with Gasteiger partial charge in [-0.25, -0.2) is 9.18 Å². The van der Waals surface area contributed by atoms with Gasteiger partial charge in [0.25, 0.3) is 0 Å². The third-order valence-corrected chi connectivity index (χ3v) is 4.53. The molecule has 0 saturated carbocycles. The summed E-state index contributed by atoms with van der Waals surface area (Å²) in [6.07, 6.45) is 0.976. The van der Waals surface area contributed by atoms with Crippen LogP contribution < -0.4 is 10.6 Å². The third-order valence-electron chi connectivity index (χ3n) is 4.53. The number of aliphatic hydroxyl groups is 1. The Morgan fingerprint density at radius 2 is 1.92 bits per heavy atom. The summed E-state index contributed by atoms with van der Waals surface area (Å²) in [5.74, 6) is -0.00871. The van der Waals surface area contributed by atoms with Crippen LogP contribution >= 0.6 is 0 Å². The number of hydrogen-bond donors (Lipinski definition) is 3. The third kappa shape index (κ3) is 3.57. The second-order valence-corrected chi connectivity index (χ2v) is 6.44. The fourth-order valence-corrected chi connectivity index (χ4v) is 2.99. The minimum Gasteiger partial charge on any atom is -0.384 e. The highest BCUT2D eigenvalue weighted by Gasteiger charge is 2.26. The average molecular weight is 328 g/mol. The van der Waals surface area contributed by atoms with E-state index in [-0.39, 0.29) is 18.4 Å². The molecule has 4 nitrogen and oxygen atoms in total. The molecule has 2 amide bonds. The molecule has 0 heterocycles. The summed E-state index contributed by atoms with van der Waals surface area (Å²) in [5, 5.41) is 15.9. The molecule has 0 bridgehead atoms. The van der Waals surface area contributed by atoms with E-state index in [9.17, 15) is 14.3 Å². The van der Waals surface area contributed by atoms with Gasteiger partial charge in [0.05, 0.1) is 6.54 Å². The van der Waals surface area contributed by atoms with Crippen molar-refractivity contribution in [1.29, 1.82) is 0 Å². The first-order valence-corrected chi connectivity index (χ1v) is 8.03. The SMILES string of the molecule is CC(O)(CNC(=O)NCC1Cc2ccccc21)c1ccc(F)cc1. The molecule has 126 valence electrons. The van der Waals surface area contributed by atoms with E-state index in [1.807, 2.05) is 12.1 Å². The largest absolute Gasteiger partial charge is 0.384 e. The van der Waals surface area contributed by atoms with Crippen molar-refractivity contribution in [2.45, 2.75) is 24.9 Å². The molecule has 0 saturated heterocycles. The van der Waals surface area contributed by atoms with E-state index in [0.29, 0.717) is 18.0 Å². The van der Waals surface area contributed by atoms with E-state index in [1.54, 1.807) is 6.92 Å². The van der Waals surface area contributed by atoms with Crippen LogP contribution in [0.1, 0.15) is 29.5 Å². The van der Waals surface area contributed by atoms with E-state index >= 15 is 0 Å². The molecule has 0 aromatic heterocycles. The summed E-state index contributed by atoms with van der Waals surface area (Å²) in [5.41, 5.74) is 1.92. The molecule has 24 heavy (non-hydrogen) atoms. The zero-order chi connectivity index (χ0) is 17.2. The fraction of sp³-hybridized carbons (Fsp3) is 0.316. The zero-order valence-corrected chi connectivity index (χ0v) is 13.6. The zero-order valence-electron chi connectivity index (χ0n) is 13.6. The number of urea groups is 1. The van der Waals surface area contributed by atoms with Crippen LogP contribution in [0.2, 0.25) is 0 Å². The molecule has 2 aromatic rings. The molecule has 0 spiro atoms. The molecule has 0 fully saturated rings. The summed E-state index contributed by atoms with van der Waals surface area (Å²) < 4.78 is 12.9. The first kappa shape index (κ1) is 16.5. The molecular formula is C19H21FN2O2. The van der Waals surface area contributed by atoms with Gasteiger partial charge >= 0.3 is 6.03 Å². The Kier molecular flexibility index (Phi) is 4.53. The molecule has 2 atom stereocenters. The summed E-state index contributed by atoms with van der Waals surface area (Å²) >= 11 is 0. The number of fused-ring (bicyclic) bond motifs is 1. The minimum absolute atomic E-state index is 0.0473. The molecule has 3 rings (SSSR count). The highest BCUT2D eigenvalue weighted by atomic mass is 19.1. The normalized spacial score (nSPS) is 18.0. The predicted octanol–water partition coefficient (Wildman–Crippen LogP) is 2.67. The van der Waals surface area contributed by atoms with Crippen LogP contribution in [0.4, 0.5) is 9.18 Å². The van der Waals surface area contributed by atoms with Crippen LogP contribution in [0.5, 0.6) is 0 Å². The fourth-order valence-electron chi connectivity index (χ4n) is 2.99. The number of rotatable bonds is 5. The van der Waals surface area contributed by atoms with Gasteiger partial charge < -0.3 is 15.7 Å². The predicted molar refractivity (Wildman–Crippen MR) is 90.3 cm³/mol. The topological polar surface area (TPSA) is 61.4 Å². The number of amides is 2. The molecule has 2 unspecified atom stereocenters. The molecule has 2 aromatic carbocycles. The Labute approximate surface area is 140 Å². The Bertz CT molecular complexity index is 728. The van der Waals surface area contributed by atoms with Crippen molar-refractivity contribution in [2.24, 2.45) is 0 Å². The number of carbonyl (C=O) groups excluding carboxylic acids is 1. The number of nitrogens with one attached hydrogen (secondary N) is 2. The van der Waals surface area contributed by atoms with Gasteiger partial charge in [-0.15, -0.1) is 0 Å². The van der Waals surface area contributed by atoms with Gasteiger partial charge in [-0.05, 0) is 42.2 Å². The quantitative estimate of drug-likeness (QED) is 0.790. The van der Waals surface area contributed by atoms with Crippen molar-refractivity contribution in [2.75, 3.05) is 13.1 Å². The molecule has 0 radical (unpaired) electrons. The van der Waals surface area contributed by atoms with Gasteiger partial charge in [0, 0.05) is 12.5 Å². The molecular weight excluding hydrogens is 307 g/mol. The number of hydrogen-bond acceptors (Lipinski definition) is 2. The van der Waals surface area contributed by atoms with E-state index in [4.69, 9.17) is 0 Å². The van der Waals surface area contributed by atoms with Gasteiger partial charge in [0.1, 0.15) is 11.4 Å². The maximum Gasteiger partial charge on any atom is 0.314 e. The summed E-state index contributed by atoms with van der Waals surface area (Å²) in [6, 6.07) is 13.5. The van der Waals surface area contributed by atoms with E-state index in [2.05, 4.69) is 22.8 Å². The van der Waals surface area contributed by atoms with E-state index in [1.165, 1.54) is 35.4 Å². The summed E-state index contributed by atoms with van der Waals surface area (Å²) in [7, 11) is 0. The number of halogens is 1. The summed E-state index contributed by atoms with van der Waals surface area (Å²) in [6.45, 7) is 2.20. The van der Waals surface area contributed by atoms with Gasteiger partial charge in [-0.2, -0.15) is 0 Å². The monoisotopic (exact) mass is 328 g/mol. The van der Waals surface area contributed by atoms with E-state index < -0.39 is 5.60 Å². The number of carbonyl (C=O) groups is 1. The summed E-state index contributed by atoms with van der Waals surface area (Å²) in [4.78, 5) is 11.9. The first-order valence-electron chi connectivity index (χ1n) is 8.03. The van der Waals surface area contributed by atoms with Crippen LogP contribution in [0, 0.1) is 5.82 Å². The highest BCUT2D eigenvalue weighted by molar-refractivity contribution is 5.74. The standard InChI is InChI=1S/C19H21FN2O2/c1-19(24,15-6-8-16(20)9-7-15)12-22-18(23)21-11-14-10-13-4-2-3-5-17(13)14/h2-9,14,24H,10-12H2,1H3,(H2,21,22,23). The molecule has 3 N–H and O–H groups in total. The van der Waals surface area contributed by atoms with Crippen molar-refractivity contribution in [3.05, 3.63) is 71.0 Å². The molecule has 5 heteroatoms. The second-order valence-electron chi connectivity index (χ2n) is 6.44. The molecule has 0 aliphatic heterocycles. The Balaban J connectivity index is 1.46. The molecule has 1 aliphatic carbocycles. The van der Waals surface area contributed by atoms with Crippen LogP contribution in [-0.2, 0) is 12.0 Å². The van der Waals surface area contributed by atoms with Crippen molar-refractivity contribution in [3.63, 3.8) is 0 Å². The Morgan fingerprint density at radius 1 is 1.21 bits per heavy atom. The number of benzene rings is 2. The van der Waals surface area contributed by atoms with Gasteiger partial charge in [-0.1, -0.05) is 36.4 Å². The van der Waals surface area contributed by atoms with Crippen molar-refractivity contribution in [1.82, 2.24) is 10.6 Å².